The lowest BCUT2D eigenvalue weighted by Gasteiger charge is -2.13. The minimum atomic E-state index is -0.583. The molecule has 0 spiro atoms. The van der Waals surface area contributed by atoms with E-state index < -0.39 is 17.6 Å². The molecule has 1 amide bonds. The molecule has 4 rings (SSSR count). The molecule has 0 fully saturated rings. The molecular weight excluding hydrogens is 450 g/mol. The molecule has 0 radical (unpaired) electrons. The number of ether oxygens (including phenoxy) is 1. The summed E-state index contributed by atoms with van der Waals surface area (Å²) < 4.78 is 7.63. The molecule has 164 valence electrons. The molecule has 0 aliphatic carbocycles. The van der Waals surface area contributed by atoms with Crippen LogP contribution in [0.25, 0.3) is 10.2 Å². The van der Waals surface area contributed by atoms with Gasteiger partial charge in [0.15, 0.2) is 0 Å². The second-order valence-corrected chi connectivity index (χ2v) is 8.82. The van der Waals surface area contributed by atoms with Crippen LogP contribution in [-0.2, 0) is 29.0 Å². The number of fused-ring (bicyclic) bond motifs is 1. The zero-order chi connectivity index (χ0) is 22.7. The average molecular weight is 470 g/mol. The number of amides is 1. The van der Waals surface area contributed by atoms with Crippen LogP contribution in [0, 0.1) is 0 Å². The fourth-order valence-electron chi connectivity index (χ4n) is 3.37. The molecule has 0 bridgehead atoms. The lowest BCUT2D eigenvalue weighted by molar-refractivity contribution is -0.116. The number of aromatic nitrogens is 2. The first-order chi connectivity index (χ1) is 15.5. The van der Waals surface area contributed by atoms with Gasteiger partial charge in [0.1, 0.15) is 11.2 Å². The summed E-state index contributed by atoms with van der Waals surface area (Å²) in [7, 11) is 1.26. The van der Waals surface area contributed by atoms with Gasteiger partial charge in [-0.25, -0.2) is 9.59 Å². The molecule has 0 aliphatic heterocycles. The van der Waals surface area contributed by atoms with Gasteiger partial charge in [-0.2, -0.15) is 0 Å². The van der Waals surface area contributed by atoms with E-state index in [-0.39, 0.29) is 29.9 Å². The van der Waals surface area contributed by atoms with Crippen LogP contribution in [0.4, 0.5) is 5.69 Å². The molecular formula is C22H19N3O5S2. The normalized spacial score (nSPS) is 10.9. The van der Waals surface area contributed by atoms with Gasteiger partial charge in [-0.3, -0.25) is 18.7 Å². The Balaban J connectivity index is 1.65. The van der Waals surface area contributed by atoms with Gasteiger partial charge in [0.25, 0.3) is 5.56 Å². The van der Waals surface area contributed by atoms with E-state index in [0.29, 0.717) is 16.6 Å². The van der Waals surface area contributed by atoms with Gasteiger partial charge in [0, 0.05) is 11.4 Å². The summed E-state index contributed by atoms with van der Waals surface area (Å²) in [4.78, 5) is 51.8. The summed E-state index contributed by atoms with van der Waals surface area (Å²) in [6, 6.07) is 12.0. The first-order valence-electron chi connectivity index (χ1n) is 9.70. The number of para-hydroxylation sites is 1. The minimum Gasteiger partial charge on any atom is -0.465 e. The van der Waals surface area contributed by atoms with E-state index in [2.05, 4.69) is 5.32 Å². The van der Waals surface area contributed by atoms with Crippen LogP contribution in [0.15, 0.2) is 62.8 Å². The smallest absolute Gasteiger partial charge is 0.339 e. The van der Waals surface area contributed by atoms with Crippen molar-refractivity contribution in [3.8, 4) is 0 Å². The minimum absolute atomic E-state index is 0.206. The molecule has 1 aromatic carbocycles. The van der Waals surface area contributed by atoms with Gasteiger partial charge < -0.3 is 10.1 Å². The number of carbonyl (C=O) groups is 2. The van der Waals surface area contributed by atoms with Crippen molar-refractivity contribution in [3.05, 3.63) is 84.5 Å². The van der Waals surface area contributed by atoms with E-state index in [9.17, 15) is 19.2 Å². The van der Waals surface area contributed by atoms with Crippen molar-refractivity contribution in [1.29, 1.82) is 0 Å². The van der Waals surface area contributed by atoms with Crippen LogP contribution in [0.2, 0.25) is 0 Å². The van der Waals surface area contributed by atoms with Crippen LogP contribution < -0.4 is 16.6 Å². The first-order valence-corrected chi connectivity index (χ1v) is 11.5. The SMILES string of the molecule is COC(=O)c1ccccc1NC(=O)Cn1c(=O)n(CCc2cccs2)c(=O)c2sccc21. The van der Waals surface area contributed by atoms with Gasteiger partial charge in [-0.15, -0.1) is 22.7 Å². The van der Waals surface area contributed by atoms with Crippen molar-refractivity contribution in [1.82, 2.24) is 9.13 Å². The number of benzene rings is 1. The van der Waals surface area contributed by atoms with Crippen LogP contribution in [0.5, 0.6) is 0 Å². The van der Waals surface area contributed by atoms with Gasteiger partial charge in [0.05, 0.1) is 23.9 Å². The van der Waals surface area contributed by atoms with Crippen LogP contribution in [-0.4, -0.2) is 28.1 Å². The summed E-state index contributed by atoms with van der Waals surface area (Å²) in [5.74, 6) is -1.08. The Bertz CT molecular complexity index is 1400. The zero-order valence-corrected chi connectivity index (χ0v) is 18.7. The van der Waals surface area contributed by atoms with E-state index in [1.54, 1.807) is 41.0 Å². The van der Waals surface area contributed by atoms with Gasteiger partial charge in [-0.1, -0.05) is 18.2 Å². The number of carbonyl (C=O) groups excluding carboxylic acids is 2. The van der Waals surface area contributed by atoms with Gasteiger partial charge >= 0.3 is 11.7 Å². The average Bonchev–Trinajstić information content (AvgIpc) is 3.49. The molecule has 0 saturated heterocycles. The molecule has 0 aliphatic rings. The largest absolute Gasteiger partial charge is 0.465 e. The van der Waals surface area contributed by atoms with E-state index in [0.717, 1.165) is 4.88 Å². The maximum atomic E-state index is 13.2. The molecule has 8 nitrogen and oxygen atoms in total. The summed E-state index contributed by atoms with van der Waals surface area (Å²) in [6.07, 6.45) is 0.544. The summed E-state index contributed by atoms with van der Waals surface area (Å²) >= 11 is 2.79. The van der Waals surface area contributed by atoms with Crippen molar-refractivity contribution in [2.45, 2.75) is 19.5 Å². The fourth-order valence-corrected chi connectivity index (χ4v) is 4.91. The number of aryl methyl sites for hydroxylation is 1. The Hall–Kier alpha value is -3.50. The number of methoxy groups -OCH3 is 1. The first kappa shape index (κ1) is 21.7. The van der Waals surface area contributed by atoms with E-state index >= 15 is 0 Å². The van der Waals surface area contributed by atoms with E-state index in [1.165, 1.54) is 33.6 Å². The Morgan fingerprint density at radius 2 is 1.81 bits per heavy atom. The number of rotatable bonds is 7. The summed E-state index contributed by atoms with van der Waals surface area (Å²) in [5, 5.41) is 6.32. The monoisotopic (exact) mass is 469 g/mol. The molecule has 4 aromatic rings. The predicted octanol–water partition coefficient (Wildman–Crippen LogP) is 2.95. The van der Waals surface area contributed by atoms with Crippen molar-refractivity contribution in [2.75, 3.05) is 12.4 Å². The molecule has 3 aromatic heterocycles. The summed E-state index contributed by atoms with van der Waals surface area (Å²) in [6.45, 7) is -0.0837. The highest BCUT2D eigenvalue weighted by Crippen LogP contribution is 2.18. The predicted molar refractivity (Wildman–Crippen MR) is 125 cm³/mol. The second kappa shape index (κ2) is 9.33. The molecule has 32 heavy (non-hydrogen) atoms. The lowest BCUT2D eigenvalue weighted by atomic mass is 10.2. The Labute approximate surface area is 190 Å². The van der Waals surface area contributed by atoms with Gasteiger partial charge in [-0.05, 0) is 41.4 Å². The number of nitrogens with one attached hydrogen (secondary N) is 1. The van der Waals surface area contributed by atoms with Crippen LogP contribution in [0.1, 0.15) is 15.2 Å². The molecule has 0 saturated carbocycles. The quantitative estimate of drug-likeness (QED) is 0.420. The maximum absolute atomic E-state index is 13.2. The number of hydrogen-bond donors (Lipinski definition) is 1. The number of hydrogen-bond acceptors (Lipinski definition) is 7. The number of thiophene rings is 2. The molecule has 1 N–H and O–H groups in total. The van der Waals surface area contributed by atoms with Gasteiger partial charge in [0.2, 0.25) is 5.91 Å². The van der Waals surface area contributed by atoms with Crippen molar-refractivity contribution >= 4 is 50.5 Å². The third kappa shape index (κ3) is 4.27. The highest BCUT2D eigenvalue weighted by atomic mass is 32.1. The number of anilines is 1. The molecule has 3 heterocycles. The fraction of sp³-hybridized carbons (Fsp3) is 0.182. The van der Waals surface area contributed by atoms with Crippen LogP contribution in [0.3, 0.4) is 0 Å². The van der Waals surface area contributed by atoms with Crippen LogP contribution >= 0.6 is 22.7 Å². The van der Waals surface area contributed by atoms with Crippen molar-refractivity contribution in [3.63, 3.8) is 0 Å². The molecule has 10 heteroatoms. The highest BCUT2D eigenvalue weighted by Gasteiger charge is 2.18. The highest BCUT2D eigenvalue weighted by molar-refractivity contribution is 7.17. The number of esters is 1. The molecule has 0 unspecified atom stereocenters. The summed E-state index contributed by atoms with van der Waals surface area (Å²) in [5.41, 5.74) is -0.00541. The van der Waals surface area contributed by atoms with Crippen molar-refractivity contribution < 1.29 is 14.3 Å². The Morgan fingerprint density at radius 1 is 1.00 bits per heavy atom. The molecule has 0 atom stereocenters. The third-order valence-electron chi connectivity index (χ3n) is 4.91. The topological polar surface area (TPSA) is 99.4 Å². The second-order valence-electron chi connectivity index (χ2n) is 6.88. The Kier molecular flexibility index (Phi) is 6.33. The maximum Gasteiger partial charge on any atom is 0.339 e. The van der Waals surface area contributed by atoms with E-state index in [4.69, 9.17) is 4.74 Å². The zero-order valence-electron chi connectivity index (χ0n) is 17.1. The van der Waals surface area contributed by atoms with Crippen molar-refractivity contribution in [2.24, 2.45) is 0 Å². The Morgan fingerprint density at radius 3 is 2.56 bits per heavy atom. The lowest BCUT2D eigenvalue weighted by Crippen LogP contribution is -2.41. The van der Waals surface area contributed by atoms with E-state index in [1.807, 2.05) is 17.5 Å². The third-order valence-corrected chi connectivity index (χ3v) is 6.73. The number of nitrogens with zero attached hydrogens (tertiary/aromatic N) is 2. The standard InChI is InChI=1S/C22H19N3O5S2/c1-30-21(28)15-6-2-3-7-16(15)23-18(26)13-25-17-9-12-32-19(17)20(27)24(22(25)29)10-8-14-5-4-11-31-14/h2-7,9,11-12H,8,10,13H2,1H3,(H,23,26).